The van der Waals surface area contributed by atoms with Gasteiger partial charge < -0.3 is 5.11 Å². The summed E-state index contributed by atoms with van der Waals surface area (Å²) in [5.74, 6) is -1.07. The van der Waals surface area contributed by atoms with Gasteiger partial charge in [0.05, 0.1) is 11.5 Å². The van der Waals surface area contributed by atoms with Crippen LogP contribution in [0.2, 0.25) is 0 Å². The highest BCUT2D eigenvalue weighted by atomic mass is 19.1. The summed E-state index contributed by atoms with van der Waals surface area (Å²) in [5, 5.41) is 11.7. The second kappa shape index (κ2) is 8.16. The van der Waals surface area contributed by atoms with Crippen molar-refractivity contribution in [3.8, 4) is 0 Å². The molecule has 1 aromatic carbocycles. The van der Waals surface area contributed by atoms with E-state index in [2.05, 4.69) is 24.0 Å². The summed E-state index contributed by atoms with van der Waals surface area (Å²) < 4.78 is 33.2. The smallest absolute Gasteiger partial charge is 0.178 e. The Hall–Kier alpha value is -2.18. The third kappa shape index (κ3) is 3.06. The number of allylic oxidation sites excluding steroid dienone is 4. The lowest BCUT2D eigenvalue weighted by Crippen LogP contribution is -2.69. The van der Waals surface area contributed by atoms with Crippen molar-refractivity contribution in [3.05, 3.63) is 59.7 Å². The SMILES string of the molecule is CCC(=O)[C@@]12CN(Cc3ccccc3)C[C@@H]1C[C@H]1[C@@H]3C[C@H](F)C4=CC(=O)C=C[C@]4(C)[C@@]3(F)[C@@H](O)C[C@@]12C. The Morgan fingerprint density at radius 2 is 1.89 bits per heavy atom. The Kier molecular flexibility index (Phi) is 5.54. The highest BCUT2D eigenvalue weighted by Crippen LogP contribution is 2.74. The molecule has 4 fully saturated rings. The minimum absolute atomic E-state index is 0.0412. The van der Waals surface area contributed by atoms with E-state index in [9.17, 15) is 14.7 Å². The molecule has 0 spiro atoms. The fraction of sp³-hybridized carbons (Fsp3) is 0.613. The Labute approximate surface area is 217 Å². The van der Waals surface area contributed by atoms with Crippen LogP contribution in [0.5, 0.6) is 0 Å². The molecule has 5 aliphatic rings. The van der Waals surface area contributed by atoms with Gasteiger partial charge in [0.2, 0.25) is 0 Å². The fourth-order valence-electron chi connectivity index (χ4n) is 9.66. The van der Waals surface area contributed by atoms with Crippen molar-refractivity contribution in [1.82, 2.24) is 4.90 Å². The first-order chi connectivity index (χ1) is 17.5. The summed E-state index contributed by atoms with van der Waals surface area (Å²) >= 11 is 0. The summed E-state index contributed by atoms with van der Waals surface area (Å²) in [5.41, 5.74) is -3.47. The molecule has 3 saturated carbocycles. The first-order valence-electron chi connectivity index (χ1n) is 13.8. The molecule has 4 aliphatic carbocycles. The number of Topliss-reactive ketones (excluding diaryl/α,β-unsaturated/α-hetero) is 1. The molecule has 0 bridgehead atoms. The summed E-state index contributed by atoms with van der Waals surface area (Å²) in [6.45, 7) is 7.67. The number of hydrogen-bond acceptors (Lipinski definition) is 4. The standard InChI is InChI=1S/C31H37F2NO3/c1-4-26(36)30-18-34(16-19-8-6-5-7-9-19)17-20(30)12-22-23-14-25(32)24-13-21(35)10-11-28(24,2)31(23,33)27(37)15-29(22,30)3/h5-11,13,20,22-23,25,27,37H,4,12,14-18H2,1-3H3/t20-,22-,23-,25-,27-,28-,29-,30+,31-/m0/s1. The van der Waals surface area contributed by atoms with Crippen molar-refractivity contribution in [2.24, 2.45) is 34.0 Å². The molecule has 0 aromatic heterocycles. The predicted octanol–water partition coefficient (Wildman–Crippen LogP) is 5.01. The number of aliphatic hydroxyl groups is 1. The maximum Gasteiger partial charge on any atom is 0.178 e. The molecular formula is C31H37F2NO3. The second-order valence-electron chi connectivity index (χ2n) is 12.7. The predicted molar refractivity (Wildman–Crippen MR) is 137 cm³/mol. The molecule has 1 N–H and O–H groups in total. The summed E-state index contributed by atoms with van der Waals surface area (Å²) in [6.07, 6.45) is 2.36. The third-order valence-electron chi connectivity index (χ3n) is 11.3. The van der Waals surface area contributed by atoms with Crippen LogP contribution in [0, 0.1) is 34.0 Å². The van der Waals surface area contributed by atoms with Crippen LogP contribution in [0.15, 0.2) is 54.1 Å². The van der Waals surface area contributed by atoms with Gasteiger partial charge in [0.1, 0.15) is 12.0 Å². The van der Waals surface area contributed by atoms with Crippen LogP contribution in [-0.4, -0.2) is 52.6 Å². The Morgan fingerprint density at radius 3 is 2.59 bits per heavy atom. The highest BCUT2D eigenvalue weighted by Gasteiger charge is 2.77. The minimum Gasteiger partial charge on any atom is -0.390 e. The monoisotopic (exact) mass is 509 g/mol. The molecule has 1 saturated heterocycles. The molecule has 198 valence electrons. The third-order valence-corrected chi connectivity index (χ3v) is 11.3. The van der Waals surface area contributed by atoms with Gasteiger partial charge in [0.25, 0.3) is 0 Å². The molecule has 6 heteroatoms. The lowest BCUT2D eigenvalue weighted by molar-refractivity contribution is -0.211. The molecule has 1 aromatic rings. The van der Waals surface area contributed by atoms with E-state index in [0.717, 1.165) is 13.1 Å². The number of carbonyl (C=O) groups excluding carboxylic acids is 2. The Bertz CT molecular complexity index is 1200. The van der Waals surface area contributed by atoms with Crippen LogP contribution in [-0.2, 0) is 16.1 Å². The lowest BCUT2D eigenvalue weighted by atomic mass is 9.43. The van der Waals surface area contributed by atoms with E-state index < -0.39 is 40.1 Å². The Balaban J connectivity index is 1.41. The number of halogens is 2. The average molecular weight is 510 g/mol. The quantitative estimate of drug-likeness (QED) is 0.620. The van der Waals surface area contributed by atoms with Gasteiger partial charge in [-0.3, -0.25) is 14.5 Å². The number of fused-ring (bicyclic) bond motifs is 7. The first-order valence-corrected chi connectivity index (χ1v) is 13.8. The minimum atomic E-state index is -2.10. The van der Waals surface area contributed by atoms with E-state index in [1.807, 2.05) is 25.1 Å². The van der Waals surface area contributed by atoms with Crippen LogP contribution in [0.4, 0.5) is 8.78 Å². The van der Waals surface area contributed by atoms with Crippen molar-refractivity contribution >= 4 is 11.6 Å². The van der Waals surface area contributed by atoms with E-state index >= 15 is 8.78 Å². The number of rotatable bonds is 4. The summed E-state index contributed by atoms with van der Waals surface area (Å²) in [7, 11) is 0. The average Bonchev–Trinajstić information content (AvgIpc) is 3.34. The van der Waals surface area contributed by atoms with Crippen LogP contribution in [0.1, 0.15) is 52.0 Å². The van der Waals surface area contributed by atoms with Crippen LogP contribution < -0.4 is 0 Å². The van der Waals surface area contributed by atoms with E-state index in [4.69, 9.17) is 0 Å². The maximum atomic E-state index is 17.5. The molecule has 1 heterocycles. The van der Waals surface area contributed by atoms with E-state index in [1.165, 1.54) is 23.8 Å². The van der Waals surface area contributed by atoms with Crippen LogP contribution in [0.3, 0.4) is 0 Å². The topological polar surface area (TPSA) is 57.6 Å². The van der Waals surface area contributed by atoms with E-state index in [0.29, 0.717) is 19.4 Å². The number of nitrogens with zero attached hydrogens (tertiary/aromatic N) is 1. The van der Waals surface area contributed by atoms with Gasteiger partial charge in [-0.25, -0.2) is 8.78 Å². The van der Waals surface area contributed by atoms with Crippen molar-refractivity contribution in [3.63, 3.8) is 0 Å². The fourth-order valence-corrected chi connectivity index (χ4v) is 9.66. The molecule has 1 aliphatic heterocycles. The van der Waals surface area contributed by atoms with Crippen LogP contribution in [0.25, 0.3) is 0 Å². The molecule has 0 amide bonds. The molecule has 37 heavy (non-hydrogen) atoms. The number of aliphatic hydroxyl groups excluding tert-OH is 1. The number of alkyl halides is 2. The van der Waals surface area contributed by atoms with Crippen molar-refractivity contribution in [2.75, 3.05) is 13.1 Å². The lowest BCUT2D eigenvalue weighted by Gasteiger charge is -2.63. The van der Waals surface area contributed by atoms with Crippen molar-refractivity contribution in [2.45, 2.75) is 70.9 Å². The van der Waals surface area contributed by atoms with E-state index in [-0.39, 0.29) is 41.8 Å². The zero-order valence-corrected chi connectivity index (χ0v) is 21.9. The van der Waals surface area contributed by atoms with Gasteiger partial charge in [-0.05, 0) is 66.7 Å². The van der Waals surface area contributed by atoms with Gasteiger partial charge in [-0.15, -0.1) is 0 Å². The number of likely N-dealkylation sites (tertiary alicyclic amines) is 1. The van der Waals surface area contributed by atoms with Gasteiger partial charge in [-0.2, -0.15) is 0 Å². The maximum absolute atomic E-state index is 17.5. The Morgan fingerprint density at radius 1 is 1.16 bits per heavy atom. The second-order valence-corrected chi connectivity index (χ2v) is 12.7. The van der Waals surface area contributed by atoms with Gasteiger partial charge in [-0.1, -0.05) is 50.3 Å². The number of hydrogen-bond donors (Lipinski definition) is 1. The first kappa shape index (κ1) is 25.1. The molecular weight excluding hydrogens is 472 g/mol. The normalized spacial score (nSPS) is 46.6. The zero-order chi connectivity index (χ0) is 26.4. The van der Waals surface area contributed by atoms with Crippen molar-refractivity contribution < 1.29 is 23.5 Å². The highest BCUT2D eigenvalue weighted by molar-refractivity contribution is 6.01. The van der Waals surface area contributed by atoms with Crippen LogP contribution >= 0.6 is 0 Å². The van der Waals surface area contributed by atoms with Gasteiger partial charge in [0.15, 0.2) is 11.5 Å². The molecule has 9 atom stereocenters. The number of carbonyl (C=O) groups is 2. The number of ketones is 2. The number of benzene rings is 1. The molecule has 6 rings (SSSR count). The van der Waals surface area contributed by atoms with Crippen molar-refractivity contribution in [1.29, 1.82) is 0 Å². The zero-order valence-electron chi connectivity index (χ0n) is 21.9. The summed E-state index contributed by atoms with van der Waals surface area (Å²) in [6, 6.07) is 10.2. The molecule has 0 radical (unpaired) electrons. The van der Waals surface area contributed by atoms with Gasteiger partial charge in [0, 0.05) is 37.4 Å². The molecule has 4 nitrogen and oxygen atoms in total. The summed E-state index contributed by atoms with van der Waals surface area (Å²) in [4.78, 5) is 28.3. The van der Waals surface area contributed by atoms with Gasteiger partial charge >= 0.3 is 0 Å². The molecule has 0 unspecified atom stereocenters. The largest absolute Gasteiger partial charge is 0.390 e. The van der Waals surface area contributed by atoms with E-state index in [1.54, 1.807) is 6.92 Å².